The second kappa shape index (κ2) is 8.87. The average molecular weight is 435 g/mol. The zero-order chi connectivity index (χ0) is 21.0. The summed E-state index contributed by atoms with van der Waals surface area (Å²) < 4.78 is 30.4. The zero-order valence-corrected chi connectivity index (χ0v) is 17.7. The number of fused-ring (bicyclic) bond motifs is 1. The van der Waals surface area contributed by atoms with Crippen LogP contribution in [0, 0.1) is 0 Å². The van der Waals surface area contributed by atoms with Crippen LogP contribution >= 0.6 is 11.8 Å². The van der Waals surface area contributed by atoms with Crippen molar-refractivity contribution in [2.75, 3.05) is 23.5 Å². The lowest BCUT2D eigenvalue weighted by molar-refractivity contribution is -0.116. The summed E-state index contributed by atoms with van der Waals surface area (Å²) in [7, 11) is -2.13. The molecule has 7 nitrogen and oxygen atoms in total. The van der Waals surface area contributed by atoms with Gasteiger partial charge in [0.15, 0.2) is 9.84 Å². The number of nitrogens with one attached hydrogen (secondary N) is 2. The molecule has 0 saturated heterocycles. The summed E-state index contributed by atoms with van der Waals surface area (Å²) >= 11 is 1.53. The minimum atomic E-state index is -3.68. The van der Waals surface area contributed by atoms with Gasteiger partial charge in [-0.15, -0.1) is 11.8 Å². The third kappa shape index (κ3) is 5.51. The number of hydrogen-bond acceptors (Lipinski definition) is 6. The molecule has 0 saturated carbocycles. The van der Waals surface area contributed by atoms with Crippen molar-refractivity contribution in [2.24, 2.45) is 0 Å². The zero-order valence-electron chi connectivity index (χ0n) is 16.1. The molecule has 154 valence electrons. The van der Waals surface area contributed by atoms with Crippen molar-refractivity contribution in [3.8, 4) is 5.75 Å². The Labute approximate surface area is 174 Å². The van der Waals surface area contributed by atoms with Gasteiger partial charge in [0, 0.05) is 28.7 Å². The van der Waals surface area contributed by atoms with E-state index in [1.807, 2.05) is 6.92 Å². The molecule has 0 aliphatic carbocycles. The average Bonchev–Trinajstić information content (AvgIpc) is 2.82. The fourth-order valence-electron chi connectivity index (χ4n) is 2.87. The standard InChI is InChI=1S/C20H22N2O5S2/c1-13-11-20(24)22-17-12-16(7-8-18(17)28-13)29(25,26)10-9-19(23)21-14-3-5-15(27-2)6-4-14/h3-8,12-13H,9-11H2,1-2H3,(H,21,23)(H,22,24)/t13-/m0/s1. The molecule has 0 fully saturated rings. The van der Waals surface area contributed by atoms with E-state index in [0.29, 0.717) is 23.5 Å². The van der Waals surface area contributed by atoms with E-state index in [0.717, 1.165) is 4.90 Å². The Hall–Kier alpha value is -2.52. The van der Waals surface area contributed by atoms with Gasteiger partial charge in [0.2, 0.25) is 11.8 Å². The molecule has 2 aromatic carbocycles. The van der Waals surface area contributed by atoms with Crippen LogP contribution in [0.5, 0.6) is 5.75 Å². The van der Waals surface area contributed by atoms with E-state index in [1.54, 1.807) is 37.4 Å². The number of thioether (sulfide) groups is 1. The molecule has 2 aromatic rings. The van der Waals surface area contributed by atoms with Crippen molar-refractivity contribution in [1.82, 2.24) is 0 Å². The number of anilines is 2. The van der Waals surface area contributed by atoms with E-state index >= 15 is 0 Å². The fourth-order valence-corrected chi connectivity index (χ4v) is 5.18. The highest BCUT2D eigenvalue weighted by molar-refractivity contribution is 8.00. The van der Waals surface area contributed by atoms with Crippen LogP contribution in [0.1, 0.15) is 19.8 Å². The molecule has 1 heterocycles. The van der Waals surface area contributed by atoms with E-state index in [4.69, 9.17) is 4.74 Å². The van der Waals surface area contributed by atoms with Crippen LogP contribution < -0.4 is 15.4 Å². The first kappa shape index (κ1) is 21.2. The van der Waals surface area contributed by atoms with Gasteiger partial charge in [-0.05, 0) is 42.5 Å². The van der Waals surface area contributed by atoms with E-state index < -0.39 is 15.7 Å². The summed E-state index contributed by atoms with van der Waals surface area (Å²) in [5, 5.41) is 5.54. The van der Waals surface area contributed by atoms with Crippen molar-refractivity contribution in [1.29, 1.82) is 0 Å². The predicted octanol–water partition coefficient (Wildman–Crippen LogP) is 3.32. The van der Waals surface area contributed by atoms with Gasteiger partial charge in [-0.25, -0.2) is 8.42 Å². The highest BCUT2D eigenvalue weighted by Crippen LogP contribution is 2.36. The monoisotopic (exact) mass is 434 g/mol. The molecule has 2 amide bonds. The predicted molar refractivity (Wildman–Crippen MR) is 113 cm³/mol. The first-order valence-electron chi connectivity index (χ1n) is 9.04. The van der Waals surface area contributed by atoms with Crippen LogP contribution in [0.4, 0.5) is 11.4 Å². The number of rotatable bonds is 6. The highest BCUT2D eigenvalue weighted by Gasteiger charge is 2.23. The molecule has 0 bridgehead atoms. The van der Waals surface area contributed by atoms with Crippen LogP contribution in [-0.4, -0.2) is 38.3 Å². The quantitative estimate of drug-likeness (QED) is 0.723. The Bertz CT molecular complexity index is 1020. The smallest absolute Gasteiger partial charge is 0.225 e. The summed E-state index contributed by atoms with van der Waals surface area (Å²) in [6, 6.07) is 11.5. The van der Waals surface area contributed by atoms with Crippen molar-refractivity contribution in [2.45, 2.75) is 34.8 Å². The van der Waals surface area contributed by atoms with Crippen molar-refractivity contribution < 1.29 is 22.7 Å². The molecular formula is C20H22N2O5S2. The molecule has 0 radical (unpaired) electrons. The van der Waals surface area contributed by atoms with Gasteiger partial charge in [0.1, 0.15) is 5.75 Å². The lowest BCUT2D eigenvalue weighted by Gasteiger charge is -2.11. The second-order valence-corrected chi connectivity index (χ2v) is 10.3. The molecule has 2 N–H and O–H groups in total. The number of ether oxygens (including phenoxy) is 1. The maximum atomic E-state index is 12.7. The van der Waals surface area contributed by atoms with Crippen LogP contribution in [0.15, 0.2) is 52.3 Å². The Morgan fingerprint density at radius 3 is 2.66 bits per heavy atom. The third-order valence-electron chi connectivity index (χ3n) is 4.36. The van der Waals surface area contributed by atoms with Crippen molar-refractivity contribution >= 4 is 44.8 Å². The molecule has 0 unspecified atom stereocenters. The first-order chi connectivity index (χ1) is 13.8. The topological polar surface area (TPSA) is 102 Å². The number of carbonyl (C=O) groups is 2. The van der Waals surface area contributed by atoms with Crippen LogP contribution in [-0.2, 0) is 19.4 Å². The molecular weight excluding hydrogens is 412 g/mol. The molecule has 1 aliphatic heterocycles. The Morgan fingerprint density at radius 2 is 1.97 bits per heavy atom. The summed E-state index contributed by atoms with van der Waals surface area (Å²) in [6.45, 7) is 1.95. The third-order valence-corrected chi connectivity index (χ3v) is 7.25. The first-order valence-corrected chi connectivity index (χ1v) is 11.6. The summed E-state index contributed by atoms with van der Waals surface area (Å²) in [5.41, 5.74) is 1.06. The summed E-state index contributed by atoms with van der Waals surface area (Å²) in [5.74, 6) is -0.206. The maximum absolute atomic E-state index is 12.7. The van der Waals surface area contributed by atoms with Gasteiger partial charge >= 0.3 is 0 Å². The molecule has 0 aromatic heterocycles. The summed E-state index contributed by atoms with van der Waals surface area (Å²) in [4.78, 5) is 25.0. The number of sulfone groups is 1. The molecule has 9 heteroatoms. The van der Waals surface area contributed by atoms with E-state index in [2.05, 4.69) is 10.6 Å². The molecule has 29 heavy (non-hydrogen) atoms. The van der Waals surface area contributed by atoms with E-state index in [9.17, 15) is 18.0 Å². The highest BCUT2D eigenvalue weighted by atomic mass is 32.2. The SMILES string of the molecule is COc1ccc(NC(=O)CCS(=O)(=O)c2ccc3c(c2)NC(=O)C[C@H](C)S3)cc1. The Morgan fingerprint density at radius 1 is 1.24 bits per heavy atom. The van der Waals surface area contributed by atoms with Crippen molar-refractivity contribution in [3.05, 3.63) is 42.5 Å². The van der Waals surface area contributed by atoms with Crippen molar-refractivity contribution in [3.63, 3.8) is 0 Å². The molecule has 0 spiro atoms. The molecule has 3 rings (SSSR count). The maximum Gasteiger partial charge on any atom is 0.225 e. The normalized spacial score (nSPS) is 16.3. The van der Waals surface area contributed by atoms with Crippen LogP contribution in [0.2, 0.25) is 0 Å². The summed E-state index contributed by atoms with van der Waals surface area (Å²) in [6.07, 6.45) is 0.191. The van der Waals surface area contributed by atoms with E-state index in [1.165, 1.54) is 23.9 Å². The van der Waals surface area contributed by atoms with Gasteiger partial charge in [-0.3, -0.25) is 9.59 Å². The van der Waals surface area contributed by atoms with Gasteiger partial charge in [-0.2, -0.15) is 0 Å². The fraction of sp³-hybridized carbons (Fsp3) is 0.300. The van der Waals surface area contributed by atoms with Crippen LogP contribution in [0.3, 0.4) is 0 Å². The minimum Gasteiger partial charge on any atom is -0.497 e. The number of hydrogen-bond donors (Lipinski definition) is 2. The Kier molecular flexibility index (Phi) is 6.49. The van der Waals surface area contributed by atoms with Gasteiger partial charge in [0.25, 0.3) is 0 Å². The minimum absolute atomic E-state index is 0.0870. The number of carbonyl (C=O) groups excluding carboxylic acids is 2. The Balaban J connectivity index is 1.66. The number of methoxy groups -OCH3 is 1. The largest absolute Gasteiger partial charge is 0.497 e. The molecule has 1 atom stereocenters. The van der Waals surface area contributed by atoms with Crippen LogP contribution in [0.25, 0.3) is 0 Å². The van der Waals surface area contributed by atoms with E-state index in [-0.39, 0.29) is 28.2 Å². The van der Waals surface area contributed by atoms with Gasteiger partial charge < -0.3 is 15.4 Å². The number of amides is 2. The van der Waals surface area contributed by atoms with Gasteiger partial charge in [0.05, 0.1) is 23.4 Å². The molecule has 1 aliphatic rings. The lowest BCUT2D eigenvalue weighted by Crippen LogP contribution is -2.18. The lowest BCUT2D eigenvalue weighted by atomic mass is 10.3. The second-order valence-electron chi connectivity index (χ2n) is 6.68. The number of benzene rings is 2. The van der Waals surface area contributed by atoms with Gasteiger partial charge in [-0.1, -0.05) is 6.92 Å².